The lowest BCUT2D eigenvalue weighted by atomic mass is 9.71. The highest BCUT2D eigenvalue weighted by Crippen LogP contribution is 2.47. The van der Waals surface area contributed by atoms with Crippen LogP contribution in [0.3, 0.4) is 0 Å². The molecule has 3 aliphatic rings. The molecule has 12 heteroatoms. The Morgan fingerprint density at radius 2 is 1.97 bits per heavy atom. The van der Waals surface area contributed by atoms with Crippen molar-refractivity contribution >= 4 is 17.8 Å². The van der Waals surface area contributed by atoms with E-state index in [9.17, 15) is 14.4 Å². The Morgan fingerprint density at radius 1 is 1.19 bits per heavy atom. The monoisotopic (exact) mass is 508 g/mol. The van der Waals surface area contributed by atoms with Gasteiger partial charge in [-0.05, 0) is 61.1 Å². The molecular formula is C25H32N8O4. The van der Waals surface area contributed by atoms with E-state index in [1.807, 2.05) is 12.1 Å². The maximum absolute atomic E-state index is 13.5. The van der Waals surface area contributed by atoms with E-state index in [0.29, 0.717) is 36.7 Å². The minimum absolute atomic E-state index is 0.0370. The maximum atomic E-state index is 13.5. The summed E-state index contributed by atoms with van der Waals surface area (Å²) in [6, 6.07) is 4.00. The van der Waals surface area contributed by atoms with Gasteiger partial charge in [-0.25, -0.2) is 9.78 Å². The van der Waals surface area contributed by atoms with Crippen LogP contribution in [0.2, 0.25) is 0 Å². The number of rotatable bonds is 7. The minimum Gasteiger partial charge on any atom is -0.456 e. The second-order valence-corrected chi connectivity index (χ2v) is 10.3. The van der Waals surface area contributed by atoms with E-state index < -0.39 is 5.41 Å². The highest BCUT2D eigenvalue weighted by Gasteiger charge is 2.50. The summed E-state index contributed by atoms with van der Waals surface area (Å²) in [6.45, 7) is 3.39. The highest BCUT2D eigenvalue weighted by molar-refractivity contribution is 5.94. The van der Waals surface area contributed by atoms with Crippen molar-refractivity contribution in [2.75, 3.05) is 33.8 Å². The van der Waals surface area contributed by atoms with E-state index in [0.717, 1.165) is 37.7 Å². The Morgan fingerprint density at radius 3 is 2.57 bits per heavy atom. The first kappa shape index (κ1) is 25.0. The number of likely N-dealkylation sites (N-methyl/N-ethyl adjacent to an activating group) is 1. The lowest BCUT2D eigenvalue weighted by Crippen LogP contribution is -2.46. The molecule has 5 rings (SSSR count). The second-order valence-electron chi connectivity index (χ2n) is 10.3. The van der Waals surface area contributed by atoms with Crippen LogP contribution in [0, 0.1) is 5.41 Å². The van der Waals surface area contributed by atoms with Gasteiger partial charge in [0, 0.05) is 39.4 Å². The molecule has 2 aliphatic heterocycles. The molecular weight excluding hydrogens is 476 g/mol. The molecule has 12 nitrogen and oxygen atoms in total. The molecule has 1 saturated heterocycles. The molecule has 0 N–H and O–H groups in total. The fraction of sp³-hybridized carbons (Fsp3) is 0.560. The number of likely N-dealkylation sites (tertiary alicyclic amines) is 1. The first-order chi connectivity index (χ1) is 17.8. The van der Waals surface area contributed by atoms with Crippen molar-refractivity contribution in [3.63, 3.8) is 0 Å². The van der Waals surface area contributed by atoms with Gasteiger partial charge in [0.15, 0.2) is 5.82 Å². The molecule has 0 radical (unpaired) electrons. The zero-order valence-corrected chi connectivity index (χ0v) is 21.5. The lowest BCUT2D eigenvalue weighted by Gasteiger charge is -2.41. The molecule has 2 amide bonds. The topological polar surface area (TPSA) is 127 Å². The van der Waals surface area contributed by atoms with Crippen LogP contribution < -0.4 is 0 Å². The van der Waals surface area contributed by atoms with E-state index >= 15 is 0 Å². The number of carbonyl (C=O) groups excluding carboxylic acids is 3. The summed E-state index contributed by atoms with van der Waals surface area (Å²) >= 11 is 0. The summed E-state index contributed by atoms with van der Waals surface area (Å²) in [6.07, 6.45) is 7.22. The summed E-state index contributed by atoms with van der Waals surface area (Å²) in [5.41, 5.74) is 1.83. The number of ether oxygens (including phenoxy) is 1. The number of pyridine rings is 1. The van der Waals surface area contributed by atoms with Gasteiger partial charge in [0.05, 0.1) is 23.2 Å². The third-order valence-electron chi connectivity index (χ3n) is 7.96. The van der Waals surface area contributed by atoms with Crippen LogP contribution in [0.5, 0.6) is 0 Å². The molecule has 2 fully saturated rings. The maximum Gasteiger partial charge on any atom is 0.336 e. The second kappa shape index (κ2) is 10.0. The van der Waals surface area contributed by atoms with Gasteiger partial charge in [0.25, 0.3) is 0 Å². The number of hydrogen-bond donors (Lipinski definition) is 0. The van der Waals surface area contributed by atoms with E-state index in [-0.39, 0.29) is 30.4 Å². The van der Waals surface area contributed by atoms with Gasteiger partial charge in [0.2, 0.25) is 11.8 Å². The molecule has 196 valence electrons. The van der Waals surface area contributed by atoms with Crippen LogP contribution in [0.15, 0.2) is 35.9 Å². The predicted molar refractivity (Wildman–Crippen MR) is 131 cm³/mol. The number of cyclic esters (lactones) is 1. The zero-order valence-electron chi connectivity index (χ0n) is 21.5. The number of esters is 1. The normalized spacial score (nSPS) is 23.9. The fourth-order valence-electron chi connectivity index (χ4n) is 5.59. The van der Waals surface area contributed by atoms with Crippen molar-refractivity contribution in [2.45, 2.75) is 51.6 Å². The third-order valence-corrected chi connectivity index (χ3v) is 7.96. The van der Waals surface area contributed by atoms with Gasteiger partial charge < -0.3 is 14.5 Å². The molecule has 2 aromatic rings. The minimum atomic E-state index is -0.401. The molecule has 37 heavy (non-hydrogen) atoms. The molecule has 0 unspecified atom stereocenters. The van der Waals surface area contributed by atoms with Gasteiger partial charge in [0.1, 0.15) is 12.9 Å². The summed E-state index contributed by atoms with van der Waals surface area (Å²) in [4.78, 5) is 48.1. The van der Waals surface area contributed by atoms with Crippen molar-refractivity contribution in [1.29, 1.82) is 0 Å². The van der Waals surface area contributed by atoms with Crippen molar-refractivity contribution in [1.82, 2.24) is 39.9 Å². The molecule has 4 heterocycles. The van der Waals surface area contributed by atoms with Crippen molar-refractivity contribution in [2.24, 2.45) is 5.41 Å². The summed E-state index contributed by atoms with van der Waals surface area (Å²) in [7, 11) is 3.53. The Labute approximate surface area is 215 Å². The number of carbonyl (C=O) groups is 3. The first-order valence-corrected chi connectivity index (χ1v) is 12.6. The lowest BCUT2D eigenvalue weighted by molar-refractivity contribution is -0.139. The van der Waals surface area contributed by atoms with Gasteiger partial charge in [-0.15, -0.1) is 5.10 Å². The SMILES string of the molecule is CC1=C(N2CCC3(CCC(N(CC(=O)N(C)C)Cc4ccc(-n5cnnn5)nc4)CC3)C2=O)COC1=O. The number of hydrogen-bond acceptors (Lipinski definition) is 9. The van der Waals surface area contributed by atoms with E-state index in [2.05, 4.69) is 25.4 Å². The van der Waals surface area contributed by atoms with Gasteiger partial charge in [-0.2, -0.15) is 4.68 Å². The Balaban J connectivity index is 1.27. The van der Waals surface area contributed by atoms with E-state index in [4.69, 9.17) is 4.74 Å². The molecule has 1 spiro atoms. The molecule has 2 aromatic heterocycles. The average molecular weight is 509 g/mol. The largest absolute Gasteiger partial charge is 0.456 e. The standard InChI is InChI=1S/C25H32N8O4/c1-17-20(15-37-23(17)35)32-11-10-25(24(32)36)8-6-19(7-9-25)31(14-22(34)30(2)3)13-18-4-5-21(26-12-18)33-16-27-28-29-33/h4-5,12,16,19H,6-11,13-15H2,1-3H3. The molecule has 0 atom stereocenters. The van der Waals surface area contributed by atoms with E-state index in [1.165, 1.54) is 11.0 Å². The number of nitrogens with zero attached hydrogens (tertiary/aromatic N) is 8. The smallest absolute Gasteiger partial charge is 0.336 e. The van der Waals surface area contributed by atoms with Crippen LogP contribution in [0.25, 0.3) is 5.82 Å². The number of aromatic nitrogens is 5. The van der Waals surface area contributed by atoms with Gasteiger partial charge in [-0.3, -0.25) is 14.5 Å². The number of amides is 2. The predicted octanol–water partition coefficient (Wildman–Crippen LogP) is 0.940. The fourth-order valence-corrected chi connectivity index (χ4v) is 5.59. The van der Waals surface area contributed by atoms with Crippen molar-refractivity contribution in [3.05, 3.63) is 41.5 Å². The van der Waals surface area contributed by atoms with Crippen LogP contribution in [0.4, 0.5) is 0 Å². The summed E-state index contributed by atoms with van der Waals surface area (Å²) < 4.78 is 6.63. The van der Waals surface area contributed by atoms with Crippen LogP contribution >= 0.6 is 0 Å². The summed E-state index contributed by atoms with van der Waals surface area (Å²) in [5.74, 6) is 0.425. The molecule has 0 aromatic carbocycles. The molecule has 1 aliphatic carbocycles. The Bertz CT molecular complexity index is 1200. The van der Waals surface area contributed by atoms with E-state index in [1.54, 1.807) is 37.0 Å². The van der Waals surface area contributed by atoms with Crippen LogP contribution in [-0.2, 0) is 25.7 Å². The van der Waals surface area contributed by atoms with Gasteiger partial charge >= 0.3 is 5.97 Å². The zero-order chi connectivity index (χ0) is 26.2. The van der Waals surface area contributed by atoms with Gasteiger partial charge in [-0.1, -0.05) is 6.07 Å². The third kappa shape index (κ3) is 4.85. The van der Waals surface area contributed by atoms with Crippen LogP contribution in [-0.4, -0.2) is 97.5 Å². The number of tetrazole rings is 1. The first-order valence-electron chi connectivity index (χ1n) is 12.6. The molecule has 0 bridgehead atoms. The Hall–Kier alpha value is -3.67. The summed E-state index contributed by atoms with van der Waals surface area (Å²) in [5, 5.41) is 11.1. The quantitative estimate of drug-likeness (QED) is 0.502. The van der Waals surface area contributed by atoms with Crippen molar-refractivity contribution in [3.8, 4) is 5.82 Å². The van der Waals surface area contributed by atoms with Crippen molar-refractivity contribution < 1.29 is 19.1 Å². The van der Waals surface area contributed by atoms with Crippen LogP contribution in [0.1, 0.15) is 44.6 Å². The highest BCUT2D eigenvalue weighted by atomic mass is 16.5. The average Bonchev–Trinajstić information content (AvgIpc) is 3.62. The molecule has 1 saturated carbocycles. The Kier molecular flexibility index (Phi) is 6.76.